The quantitative estimate of drug-likeness (QED) is 0.611. The van der Waals surface area contributed by atoms with Crippen molar-refractivity contribution in [3.8, 4) is 17.2 Å². The molecule has 136 valence electrons. The van der Waals surface area contributed by atoms with Gasteiger partial charge in [-0.3, -0.25) is 0 Å². The molecule has 1 heterocycles. The first-order chi connectivity index (χ1) is 12.5. The van der Waals surface area contributed by atoms with Crippen LogP contribution in [0.15, 0.2) is 68.6 Å². The minimum Gasteiger partial charge on any atom is -0.497 e. The summed E-state index contributed by atoms with van der Waals surface area (Å²) in [5, 5.41) is 0. The first-order valence-electron chi connectivity index (χ1n) is 7.82. The van der Waals surface area contributed by atoms with Gasteiger partial charge in [0, 0.05) is 23.0 Å². The molecule has 1 N–H and O–H groups in total. The Morgan fingerprint density at radius 2 is 1.88 bits per heavy atom. The van der Waals surface area contributed by atoms with Crippen molar-refractivity contribution in [2.75, 3.05) is 13.7 Å². The number of methoxy groups -OCH3 is 1. The van der Waals surface area contributed by atoms with Gasteiger partial charge in [0.05, 0.1) is 17.7 Å². The maximum Gasteiger partial charge on any atom is 0.241 e. The summed E-state index contributed by atoms with van der Waals surface area (Å²) in [4.78, 5) is 4.60. The van der Waals surface area contributed by atoms with Crippen LogP contribution in [0.25, 0.3) is 11.5 Å². The molecule has 0 aliphatic carbocycles. The number of hydrogen-bond donors (Lipinski definition) is 1. The van der Waals surface area contributed by atoms with Crippen molar-refractivity contribution < 1.29 is 17.6 Å². The Bertz CT molecular complexity index is 984. The molecule has 1 aromatic heterocycles. The van der Waals surface area contributed by atoms with E-state index in [1.54, 1.807) is 31.4 Å². The summed E-state index contributed by atoms with van der Waals surface area (Å²) in [7, 11) is -1.98. The third kappa shape index (κ3) is 4.32. The van der Waals surface area contributed by atoms with Crippen molar-refractivity contribution in [1.82, 2.24) is 9.71 Å². The number of sulfonamides is 1. The molecule has 0 unspecified atom stereocenters. The first kappa shape index (κ1) is 18.6. The molecule has 3 aromatic rings. The number of rotatable bonds is 7. The van der Waals surface area contributed by atoms with E-state index in [1.165, 1.54) is 6.26 Å². The SMILES string of the molecule is COc1ccc(-c2nc(CCNS(=O)(=O)c3ccccc3Br)co2)cc1. The second-order valence-corrected chi connectivity index (χ2v) is 8.04. The third-order valence-electron chi connectivity index (χ3n) is 3.69. The predicted octanol–water partition coefficient (Wildman–Crippen LogP) is 3.63. The number of aromatic nitrogens is 1. The van der Waals surface area contributed by atoms with Gasteiger partial charge in [0.15, 0.2) is 0 Å². The second kappa shape index (κ2) is 8.03. The molecule has 0 amide bonds. The van der Waals surface area contributed by atoms with Gasteiger partial charge in [0.1, 0.15) is 12.0 Å². The van der Waals surface area contributed by atoms with Gasteiger partial charge in [0.25, 0.3) is 0 Å². The van der Waals surface area contributed by atoms with Crippen molar-refractivity contribution >= 4 is 26.0 Å². The lowest BCUT2D eigenvalue weighted by atomic mass is 10.2. The fourth-order valence-corrected chi connectivity index (χ4v) is 4.37. The lowest BCUT2D eigenvalue weighted by Gasteiger charge is -2.07. The van der Waals surface area contributed by atoms with E-state index in [9.17, 15) is 8.42 Å². The summed E-state index contributed by atoms with van der Waals surface area (Å²) >= 11 is 3.25. The average Bonchev–Trinajstić information content (AvgIpc) is 3.11. The van der Waals surface area contributed by atoms with E-state index in [4.69, 9.17) is 9.15 Å². The molecular weight excluding hydrogens is 420 g/mol. The Labute approximate surface area is 160 Å². The molecule has 6 nitrogen and oxygen atoms in total. The van der Waals surface area contributed by atoms with E-state index in [2.05, 4.69) is 25.6 Å². The molecule has 0 saturated carbocycles. The number of oxazole rings is 1. The van der Waals surface area contributed by atoms with Crippen molar-refractivity contribution in [3.63, 3.8) is 0 Å². The molecule has 2 aromatic carbocycles. The Balaban J connectivity index is 1.62. The number of nitrogens with zero attached hydrogens (tertiary/aromatic N) is 1. The summed E-state index contributed by atoms with van der Waals surface area (Å²) in [5.74, 6) is 1.23. The van der Waals surface area contributed by atoms with Crippen molar-refractivity contribution in [3.05, 3.63) is 65.0 Å². The average molecular weight is 437 g/mol. The van der Waals surface area contributed by atoms with Crippen LogP contribution in [-0.4, -0.2) is 27.1 Å². The van der Waals surface area contributed by atoms with Crippen molar-refractivity contribution in [2.45, 2.75) is 11.3 Å². The van der Waals surface area contributed by atoms with E-state index in [0.29, 0.717) is 22.5 Å². The van der Waals surface area contributed by atoms with Gasteiger partial charge in [-0.15, -0.1) is 0 Å². The van der Waals surface area contributed by atoms with Gasteiger partial charge in [-0.2, -0.15) is 0 Å². The maximum absolute atomic E-state index is 12.3. The fraction of sp³-hybridized carbons (Fsp3) is 0.167. The molecule has 0 saturated heterocycles. The summed E-state index contributed by atoms with van der Waals surface area (Å²) in [6.45, 7) is 0.220. The van der Waals surface area contributed by atoms with Gasteiger partial charge in [-0.25, -0.2) is 18.1 Å². The van der Waals surface area contributed by atoms with Gasteiger partial charge < -0.3 is 9.15 Å². The smallest absolute Gasteiger partial charge is 0.241 e. The Kier molecular flexibility index (Phi) is 5.75. The van der Waals surface area contributed by atoms with Gasteiger partial charge in [-0.05, 0) is 52.3 Å². The molecule has 0 bridgehead atoms. The maximum atomic E-state index is 12.3. The van der Waals surface area contributed by atoms with Gasteiger partial charge in [-0.1, -0.05) is 12.1 Å². The standard InChI is InChI=1S/C18H17BrN2O4S/c1-24-15-8-6-13(7-9-15)18-21-14(12-25-18)10-11-20-26(22,23)17-5-3-2-4-16(17)19/h2-9,12,20H,10-11H2,1H3. The number of ether oxygens (including phenoxy) is 1. The van der Waals surface area contributed by atoms with Crippen LogP contribution in [0.1, 0.15) is 5.69 Å². The highest BCUT2D eigenvalue weighted by Gasteiger charge is 2.16. The van der Waals surface area contributed by atoms with Crippen LogP contribution in [0.3, 0.4) is 0 Å². The summed E-state index contributed by atoms with van der Waals surface area (Å²) < 4.78 is 38.4. The Morgan fingerprint density at radius 3 is 2.58 bits per heavy atom. The van der Waals surface area contributed by atoms with E-state index in [-0.39, 0.29) is 11.4 Å². The van der Waals surface area contributed by atoms with Crippen molar-refractivity contribution in [2.24, 2.45) is 0 Å². The largest absolute Gasteiger partial charge is 0.497 e. The highest BCUT2D eigenvalue weighted by Crippen LogP contribution is 2.22. The van der Waals surface area contributed by atoms with Crippen LogP contribution >= 0.6 is 15.9 Å². The normalized spacial score (nSPS) is 11.5. The van der Waals surface area contributed by atoms with Crippen LogP contribution in [0, 0.1) is 0 Å². The van der Waals surface area contributed by atoms with Gasteiger partial charge >= 0.3 is 0 Å². The van der Waals surface area contributed by atoms with E-state index in [0.717, 1.165) is 11.3 Å². The number of halogens is 1. The topological polar surface area (TPSA) is 81.4 Å². The summed E-state index contributed by atoms with van der Waals surface area (Å²) in [6.07, 6.45) is 1.95. The third-order valence-corrected chi connectivity index (χ3v) is 6.16. The minimum absolute atomic E-state index is 0.207. The number of benzene rings is 2. The van der Waals surface area contributed by atoms with Crippen LogP contribution in [-0.2, 0) is 16.4 Å². The Hall–Kier alpha value is -2.16. The monoisotopic (exact) mass is 436 g/mol. The fourth-order valence-electron chi connectivity index (χ4n) is 2.34. The zero-order valence-electron chi connectivity index (χ0n) is 14.0. The molecule has 0 aliphatic rings. The number of nitrogens with one attached hydrogen (secondary N) is 1. The van der Waals surface area contributed by atoms with E-state index in [1.807, 2.05) is 24.3 Å². The molecule has 0 aliphatic heterocycles. The van der Waals surface area contributed by atoms with Crippen molar-refractivity contribution in [1.29, 1.82) is 0 Å². The molecule has 0 atom stereocenters. The molecule has 0 fully saturated rings. The van der Waals surface area contributed by atoms with E-state index < -0.39 is 10.0 Å². The minimum atomic E-state index is -3.58. The van der Waals surface area contributed by atoms with Crippen LogP contribution < -0.4 is 9.46 Å². The van der Waals surface area contributed by atoms with Crippen LogP contribution in [0.4, 0.5) is 0 Å². The van der Waals surface area contributed by atoms with Crippen LogP contribution in [0.2, 0.25) is 0 Å². The molecule has 3 rings (SSSR count). The van der Waals surface area contributed by atoms with Gasteiger partial charge in [0.2, 0.25) is 15.9 Å². The molecular formula is C18H17BrN2O4S. The summed E-state index contributed by atoms with van der Waals surface area (Å²) in [6, 6.07) is 14.0. The highest BCUT2D eigenvalue weighted by molar-refractivity contribution is 9.10. The second-order valence-electron chi connectivity index (χ2n) is 5.45. The Morgan fingerprint density at radius 1 is 1.15 bits per heavy atom. The number of hydrogen-bond acceptors (Lipinski definition) is 5. The predicted molar refractivity (Wildman–Crippen MR) is 102 cm³/mol. The van der Waals surface area contributed by atoms with E-state index >= 15 is 0 Å². The molecule has 8 heteroatoms. The zero-order chi connectivity index (χ0) is 18.6. The lowest BCUT2D eigenvalue weighted by Crippen LogP contribution is -2.26. The first-order valence-corrected chi connectivity index (χ1v) is 10.1. The highest BCUT2D eigenvalue weighted by atomic mass is 79.9. The molecule has 26 heavy (non-hydrogen) atoms. The molecule has 0 spiro atoms. The zero-order valence-corrected chi connectivity index (χ0v) is 16.4. The van der Waals surface area contributed by atoms with Crippen LogP contribution in [0.5, 0.6) is 5.75 Å². The lowest BCUT2D eigenvalue weighted by molar-refractivity contribution is 0.415. The molecule has 0 radical (unpaired) electrons. The summed E-state index contributed by atoms with van der Waals surface area (Å²) in [5.41, 5.74) is 1.50.